The van der Waals surface area contributed by atoms with Gasteiger partial charge in [0.05, 0.1) is 0 Å². The Balaban J connectivity index is 2.62. The molecular weight excluding hydrogens is 228 g/mol. The number of hydrogen-bond acceptors (Lipinski definition) is 5. The van der Waals surface area contributed by atoms with Gasteiger partial charge in [0.2, 0.25) is 5.89 Å². The van der Waals surface area contributed by atoms with Crippen LogP contribution < -0.4 is 10.6 Å². The van der Waals surface area contributed by atoms with Gasteiger partial charge in [0.25, 0.3) is 5.95 Å². The normalized spacial score (nSPS) is 13.0. The van der Waals surface area contributed by atoms with Crippen molar-refractivity contribution in [3.05, 3.63) is 5.89 Å². The summed E-state index contributed by atoms with van der Waals surface area (Å²) in [6.45, 7) is 11.0. The first kappa shape index (κ1) is 15.0. The van der Waals surface area contributed by atoms with Crippen molar-refractivity contribution >= 4 is 5.95 Å². The van der Waals surface area contributed by atoms with E-state index in [2.05, 4.69) is 42.7 Å². The molecule has 1 unspecified atom stereocenters. The molecule has 0 aliphatic rings. The maximum Gasteiger partial charge on any atom is 0.266 e. The van der Waals surface area contributed by atoms with Gasteiger partial charge in [0, 0.05) is 19.5 Å². The van der Waals surface area contributed by atoms with E-state index in [4.69, 9.17) is 10.3 Å². The van der Waals surface area contributed by atoms with Gasteiger partial charge in [-0.1, -0.05) is 13.8 Å². The molecule has 1 aromatic rings. The molecule has 1 aromatic heterocycles. The van der Waals surface area contributed by atoms with Gasteiger partial charge in [-0.05, 0) is 43.8 Å². The van der Waals surface area contributed by atoms with Crippen LogP contribution in [-0.2, 0) is 6.42 Å². The van der Waals surface area contributed by atoms with E-state index in [1.807, 2.05) is 0 Å². The summed E-state index contributed by atoms with van der Waals surface area (Å²) in [5.41, 5.74) is 5.79. The van der Waals surface area contributed by atoms with Crippen LogP contribution in [0, 0.1) is 11.8 Å². The standard InChI is InChI=1S/C13H26N4O/c1-5-17(6-2)13-15-12(18-16-13)8-11(9-14)7-10(3)4/h10-11H,5-9,14H2,1-4H3. The topological polar surface area (TPSA) is 68.2 Å². The summed E-state index contributed by atoms with van der Waals surface area (Å²) in [6, 6.07) is 0. The summed E-state index contributed by atoms with van der Waals surface area (Å²) >= 11 is 0. The quantitative estimate of drug-likeness (QED) is 0.769. The molecule has 0 radical (unpaired) electrons. The molecule has 0 aromatic carbocycles. The second-order valence-corrected chi connectivity index (χ2v) is 5.10. The fourth-order valence-corrected chi connectivity index (χ4v) is 2.14. The predicted octanol–water partition coefficient (Wildman–Crippen LogP) is 2.08. The minimum absolute atomic E-state index is 0.426. The Morgan fingerprint density at radius 1 is 1.28 bits per heavy atom. The van der Waals surface area contributed by atoms with Crippen molar-refractivity contribution in [3.63, 3.8) is 0 Å². The van der Waals surface area contributed by atoms with Crippen molar-refractivity contribution < 1.29 is 4.52 Å². The number of nitrogens with zero attached hydrogens (tertiary/aromatic N) is 3. The second kappa shape index (κ2) is 7.36. The fourth-order valence-electron chi connectivity index (χ4n) is 2.14. The first-order chi connectivity index (χ1) is 8.60. The Bertz CT molecular complexity index is 333. The van der Waals surface area contributed by atoms with E-state index in [0.29, 0.717) is 30.2 Å². The maximum absolute atomic E-state index is 5.79. The third-order valence-electron chi connectivity index (χ3n) is 3.11. The molecule has 0 spiro atoms. The van der Waals surface area contributed by atoms with Crippen LogP contribution in [0.1, 0.15) is 40.0 Å². The molecule has 0 saturated carbocycles. The molecule has 1 rings (SSSR count). The van der Waals surface area contributed by atoms with Crippen LogP contribution in [0.5, 0.6) is 0 Å². The molecule has 1 heterocycles. The summed E-state index contributed by atoms with van der Waals surface area (Å²) in [5, 5.41) is 4.02. The van der Waals surface area contributed by atoms with E-state index in [0.717, 1.165) is 25.9 Å². The SMILES string of the molecule is CCN(CC)c1noc(CC(CN)CC(C)C)n1. The monoisotopic (exact) mass is 254 g/mol. The zero-order valence-corrected chi connectivity index (χ0v) is 12.0. The van der Waals surface area contributed by atoms with Crippen molar-refractivity contribution in [2.45, 2.75) is 40.5 Å². The Hall–Kier alpha value is -1.10. The number of nitrogens with two attached hydrogens (primary N) is 1. The molecule has 0 fully saturated rings. The van der Waals surface area contributed by atoms with Gasteiger partial charge in [0.15, 0.2) is 0 Å². The van der Waals surface area contributed by atoms with Crippen molar-refractivity contribution in [1.82, 2.24) is 10.1 Å². The Morgan fingerprint density at radius 2 is 1.94 bits per heavy atom. The van der Waals surface area contributed by atoms with Gasteiger partial charge in [-0.3, -0.25) is 0 Å². The van der Waals surface area contributed by atoms with E-state index in [-0.39, 0.29) is 0 Å². The van der Waals surface area contributed by atoms with Crippen molar-refractivity contribution in [2.24, 2.45) is 17.6 Å². The Labute approximate surface area is 110 Å². The fraction of sp³-hybridized carbons (Fsp3) is 0.846. The molecule has 104 valence electrons. The third kappa shape index (κ3) is 4.29. The molecule has 2 N–H and O–H groups in total. The molecule has 0 aliphatic heterocycles. The zero-order chi connectivity index (χ0) is 13.5. The average Bonchev–Trinajstić information content (AvgIpc) is 2.78. The lowest BCUT2D eigenvalue weighted by Gasteiger charge is -2.15. The van der Waals surface area contributed by atoms with Crippen LogP contribution in [0.3, 0.4) is 0 Å². The number of hydrogen-bond donors (Lipinski definition) is 1. The van der Waals surface area contributed by atoms with Gasteiger partial charge >= 0.3 is 0 Å². The summed E-state index contributed by atoms with van der Waals surface area (Å²) in [4.78, 5) is 6.52. The average molecular weight is 254 g/mol. The minimum atomic E-state index is 0.426. The first-order valence-electron chi connectivity index (χ1n) is 6.88. The number of rotatable bonds is 8. The van der Waals surface area contributed by atoms with E-state index in [1.54, 1.807) is 0 Å². The highest BCUT2D eigenvalue weighted by atomic mass is 16.5. The highest BCUT2D eigenvalue weighted by Gasteiger charge is 2.16. The summed E-state index contributed by atoms with van der Waals surface area (Å²) in [7, 11) is 0. The van der Waals surface area contributed by atoms with E-state index in [1.165, 1.54) is 0 Å². The predicted molar refractivity (Wildman–Crippen MR) is 73.6 cm³/mol. The smallest absolute Gasteiger partial charge is 0.266 e. The molecule has 0 bridgehead atoms. The molecular formula is C13H26N4O. The molecule has 18 heavy (non-hydrogen) atoms. The lowest BCUT2D eigenvalue weighted by molar-refractivity contribution is 0.331. The molecule has 5 nitrogen and oxygen atoms in total. The largest absolute Gasteiger partial charge is 0.339 e. The van der Waals surface area contributed by atoms with Crippen LogP contribution in [0.2, 0.25) is 0 Å². The summed E-state index contributed by atoms with van der Waals surface area (Å²) in [6.07, 6.45) is 1.88. The van der Waals surface area contributed by atoms with Crippen molar-refractivity contribution in [1.29, 1.82) is 0 Å². The van der Waals surface area contributed by atoms with Crippen LogP contribution in [-0.4, -0.2) is 29.8 Å². The Kier molecular flexibility index (Phi) is 6.12. The van der Waals surface area contributed by atoms with E-state index >= 15 is 0 Å². The van der Waals surface area contributed by atoms with Crippen LogP contribution >= 0.6 is 0 Å². The highest BCUT2D eigenvalue weighted by Crippen LogP contribution is 2.17. The summed E-state index contributed by atoms with van der Waals surface area (Å²) < 4.78 is 5.30. The molecule has 0 aliphatic carbocycles. The van der Waals surface area contributed by atoms with Gasteiger partial charge in [-0.2, -0.15) is 4.98 Å². The lowest BCUT2D eigenvalue weighted by Crippen LogP contribution is -2.23. The van der Waals surface area contributed by atoms with Gasteiger partial charge < -0.3 is 15.2 Å². The minimum Gasteiger partial charge on any atom is -0.339 e. The molecule has 5 heteroatoms. The molecule has 0 amide bonds. The number of aromatic nitrogens is 2. The highest BCUT2D eigenvalue weighted by molar-refractivity contribution is 5.26. The van der Waals surface area contributed by atoms with Gasteiger partial charge in [0.1, 0.15) is 0 Å². The number of anilines is 1. The van der Waals surface area contributed by atoms with E-state index < -0.39 is 0 Å². The molecule has 0 saturated heterocycles. The van der Waals surface area contributed by atoms with Crippen molar-refractivity contribution in [3.8, 4) is 0 Å². The van der Waals surface area contributed by atoms with Crippen LogP contribution in [0.25, 0.3) is 0 Å². The lowest BCUT2D eigenvalue weighted by atomic mass is 9.94. The van der Waals surface area contributed by atoms with Crippen LogP contribution in [0.15, 0.2) is 4.52 Å². The van der Waals surface area contributed by atoms with E-state index in [9.17, 15) is 0 Å². The zero-order valence-electron chi connectivity index (χ0n) is 12.0. The van der Waals surface area contributed by atoms with Crippen LogP contribution in [0.4, 0.5) is 5.95 Å². The van der Waals surface area contributed by atoms with Crippen molar-refractivity contribution in [2.75, 3.05) is 24.5 Å². The summed E-state index contributed by atoms with van der Waals surface area (Å²) in [5.74, 6) is 2.46. The van der Waals surface area contributed by atoms with Gasteiger partial charge in [-0.15, -0.1) is 0 Å². The van der Waals surface area contributed by atoms with Gasteiger partial charge in [-0.25, -0.2) is 0 Å². The third-order valence-corrected chi connectivity index (χ3v) is 3.11. The second-order valence-electron chi connectivity index (χ2n) is 5.10. The first-order valence-corrected chi connectivity index (χ1v) is 6.88. The molecule has 1 atom stereocenters. The maximum atomic E-state index is 5.79. The Morgan fingerprint density at radius 3 is 2.44 bits per heavy atom.